The number of rotatable bonds is 9. The number of carbonyl (C=O) groups is 2. The van der Waals surface area contributed by atoms with Gasteiger partial charge in [0.05, 0.1) is 0 Å². The van der Waals surface area contributed by atoms with Crippen molar-refractivity contribution >= 4 is 29.3 Å². The third kappa shape index (κ3) is 7.41. The van der Waals surface area contributed by atoms with Gasteiger partial charge in [0.15, 0.2) is 5.82 Å². The van der Waals surface area contributed by atoms with Gasteiger partial charge >= 0.3 is 5.97 Å². The number of carboxylic acids is 1. The van der Waals surface area contributed by atoms with E-state index in [9.17, 15) is 14.7 Å². The van der Waals surface area contributed by atoms with Crippen molar-refractivity contribution in [3.63, 3.8) is 0 Å². The molecule has 0 radical (unpaired) electrons. The third-order valence-corrected chi connectivity index (χ3v) is 7.35. The highest BCUT2D eigenvalue weighted by Gasteiger charge is 2.25. The first-order valence-electron chi connectivity index (χ1n) is 13.6. The van der Waals surface area contributed by atoms with Crippen molar-refractivity contribution < 1.29 is 19.4 Å². The van der Waals surface area contributed by atoms with Crippen molar-refractivity contribution in [2.45, 2.75) is 32.2 Å². The molecule has 8 nitrogen and oxygen atoms in total. The first-order valence-corrected chi connectivity index (χ1v) is 14.0. The maximum atomic E-state index is 13.4. The van der Waals surface area contributed by atoms with Gasteiger partial charge in [-0.05, 0) is 72.9 Å². The maximum Gasteiger partial charge on any atom is 0.326 e. The lowest BCUT2D eigenvalue weighted by Gasteiger charge is -2.31. The molecule has 0 aliphatic carbocycles. The number of aliphatic carboxylic acids is 1. The van der Waals surface area contributed by atoms with Crippen molar-refractivity contribution in [1.82, 2.24) is 15.3 Å². The molecule has 1 unspecified atom stereocenters. The Hall–Kier alpha value is -4.43. The van der Waals surface area contributed by atoms with Crippen molar-refractivity contribution in [3.05, 3.63) is 101 Å². The van der Waals surface area contributed by atoms with Gasteiger partial charge in [0.25, 0.3) is 5.91 Å². The van der Waals surface area contributed by atoms with Gasteiger partial charge in [0.2, 0.25) is 0 Å². The van der Waals surface area contributed by atoms with Crippen LogP contribution in [-0.4, -0.2) is 46.1 Å². The Balaban J connectivity index is 1.41. The number of nitrogens with one attached hydrogen (secondary N) is 1. The van der Waals surface area contributed by atoms with E-state index >= 15 is 0 Å². The van der Waals surface area contributed by atoms with Crippen LogP contribution < -0.4 is 15.0 Å². The summed E-state index contributed by atoms with van der Waals surface area (Å²) in [5, 5.41) is 13.0. The van der Waals surface area contributed by atoms with E-state index in [1.807, 2.05) is 54.6 Å². The number of ether oxygens (including phenoxy) is 1. The van der Waals surface area contributed by atoms with E-state index in [1.165, 1.54) is 0 Å². The van der Waals surface area contributed by atoms with Crippen LogP contribution in [0.4, 0.5) is 5.82 Å². The van der Waals surface area contributed by atoms with Crippen LogP contribution >= 0.6 is 11.6 Å². The number of halogens is 1. The number of carbonyl (C=O) groups excluding carboxylic acids is 1. The zero-order valence-corrected chi connectivity index (χ0v) is 23.4. The largest absolute Gasteiger partial charge is 0.480 e. The Morgan fingerprint density at radius 2 is 1.63 bits per heavy atom. The zero-order chi connectivity index (χ0) is 28.8. The van der Waals surface area contributed by atoms with Crippen LogP contribution in [0, 0.1) is 5.92 Å². The summed E-state index contributed by atoms with van der Waals surface area (Å²) in [5.74, 6) is 1.31. The number of aromatic nitrogens is 2. The van der Waals surface area contributed by atoms with Crippen molar-refractivity contribution in [2.75, 3.05) is 18.0 Å². The summed E-state index contributed by atoms with van der Waals surface area (Å²) in [6.45, 7) is 3.86. The molecule has 1 aliphatic heterocycles. The molecular formula is C32H31ClN4O4. The predicted molar refractivity (Wildman–Crippen MR) is 159 cm³/mol. The number of nitrogens with zero attached hydrogens (tertiary/aromatic N) is 3. The summed E-state index contributed by atoms with van der Waals surface area (Å²) in [6, 6.07) is 24.2. The molecule has 3 aromatic carbocycles. The van der Waals surface area contributed by atoms with E-state index in [0.717, 1.165) is 37.2 Å². The molecule has 4 aromatic rings. The Labute approximate surface area is 244 Å². The first-order chi connectivity index (χ1) is 19.8. The second-order valence-electron chi connectivity index (χ2n) is 10.2. The van der Waals surface area contributed by atoms with Crippen LogP contribution in [0.15, 0.2) is 84.9 Å². The molecule has 210 valence electrons. The number of hydrogen-bond donors (Lipinski definition) is 2. The molecule has 1 atom stereocenters. The number of hydrogen-bond acceptors (Lipinski definition) is 6. The lowest BCUT2D eigenvalue weighted by molar-refractivity contribution is -0.139. The van der Waals surface area contributed by atoms with Crippen LogP contribution in [0.25, 0.3) is 11.4 Å². The first kappa shape index (κ1) is 28.1. The number of amides is 1. The van der Waals surface area contributed by atoms with Gasteiger partial charge in [-0.3, -0.25) is 4.79 Å². The van der Waals surface area contributed by atoms with Crippen LogP contribution in [0.3, 0.4) is 0 Å². The predicted octanol–water partition coefficient (Wildman–Crippen LogP) is 6.25. The van der Waals surface area contributed by atoms with Gasteiger partial charge in [-0.2, -0.15) is 0 Å². The van der Waals surface area contributed by atoms with Crippen molar-refractivity contribution in [1.29, 1.82) is 0 Å². The molecule has 1 aliphatic rings. The molecule has 0 saturated carbocycles. The summed E-state index contributed by atoms with van der Waals surface area (Å²) >= 11 is 5.96. The number of anilines is 1. The molecule has 41 heavy (non-hydrogen) atoms. The molecule has 2 heterocycles. The minimum atomic E-state index is -1.14. The Morgan fingerprint density at radius 1 is 0.976 bits per heavy atom. The lowest BCUT2D eigenvalue weighted by atomic mass is 9.99. The molecule has 9 heteroatoms. The van der Waals surface area contributed by atoms with Gasteiger partial charge in [-0.15, -0.1) is 0 Å². The minimum absolute atomic E-state index is 0.107. The molecule has 2 N–H and O–H groups in total. The number of piperidine rings is 1. The van der Waals surface area contributed by atoms with E-state index in [1.54, 1.807) is 30.3 Å². The van der Waals surface area contributed by atoms with Crippen molar-refractivity contribution in [3.8, 4) is 22.9 Å². The molecular weight excluding hydrogens is 540 g/mol. The molecule has 5 rings (SSSR count). The Kier molecular flexibility index (Phi) is 8.79. The number of benzene rings is 3. The highest BCUT2D eigenvalue weighted by molar-refractivity contribution is 6.30. The van der Waals surface area contributed by atoms with Gasteiger partial charge in [0.1, 0.15) is 29.1 Å². The average molecular weight is 571 g/mol. The molecule has 1 saturated heterocycles. The van der Waals surface area contributed by atoms with Crippen molar-refractivity contribution in [2.24, 2.45) is 5.92 Å². The van der Waals surface area contributed by atoms with E-state index in [0.29, 0.717) is 33.9 Å². The molecule has 1 amide bonds. The normalized spacial score (nSPS) is 14.3. The highest BCUT2D eigenvalue weighted by Crippen LogP contribution is 2.27. The van der Waals surface area contributed by atoms with E-state index in [2.05, 4.69) is 22.1 Å². The van der Waals surface area contributed by atoms with Crippen LogP contribution in [0.1, 0.15) is 35.8 Å². The van der Waals surface area contributed by atoms with E-state index in [4.69, 9.17) is 21.3 Å². The quantitative estimate of drug-likeness (QED) is 0.245. The molecule has 0 bridgehead atoms. The molecule has 1 aromatic heterocycles. The smallest absolute Gasteiger partial charge is 0.326 e. The SMILES string of the molecule is CC1CCN(c2cc(C(=O)NC(Cc3ccc(Cl)cc3)C(=O)O)nc(-c3ccc(Oc4ccccc4)cc3)n2)CC1. The number of para-hydroxylation sites is 1. The Bertz CT molecular complexity index is 1490. The van der Waals surface area contributed by atoms with Crippen LogP contribution in [0.5, 0.6) is 11.5 Å². The Morgan fingerprint density at radius 3 is 2.29 bits per heavy atom. The van der Waals surface area contributed by atoms with Crippen LogP contribution in [0.2, 0.25) is 5.02 Å². The fourth-order valence-electron chi connectivity index (χ4n) is 4.66. The maximum absolute atomic E-state index is 13.4. The second kappa shape index (κ2) is 12.8. The zero-order valence-electron chi connectivity index (χ0n) is 22.7. The van der Waals surface area contributed by atoms with Gasteiger partial charge < -0.3 is 20.1 Å². The monoisotopic (exact) mass is 570 g/mol. The molecule has 0 spiro atoms. The molecule has 1 fully saturated rings. The van der Waals surface area contributed by atoms with Gasteiger partial charge in [0, 0.05) is 36.2 Å². The average Bonchev–Trinajstić information content (AvgIpc) is 2.99. The van der Waals surface area contributed by atoms with E-state index < -0.39 is 17.9 Å². The van der Waals surface area contributed by atoms with E-state index in [-0.39, 0.29) is 12.1 Å². The van der Waals surface area contributed by atoms with Gasteiger partial charge in [-0.25, -0.2) is 14.8 Å². The summed E-state index contributed by atoms with van der Waals surface area (Å²) in [5.41, 5.74) is 1.56. The summed E-state index contributed by atoms with van der Waals surface area (Å²) in [4.78, 5) is 37.0. The second-order valence-corrected chi connectivity index (χ2v) is 10.7. The summed E-state index contributed by atoms with van der Waals surface area (Å²) in [6.07, 6.45) is 2.15. The van der Waals surface area contributed by atoms with Gasteiger partial charge in [-0.1, -0.05) is 48.9 Å². The third-order valence-electron chi connectivity index (χ3n) is 7.10. The summed E-state index contributed by atoms with van der Waals surface area (Å²) < 4.78 is 5.91. The lowest BCUT2D eigenvalue weighted by Crippen LogP contribution is -2.42. The number of carboxylic acid groups (broad SMARTS) is 1. The minimum Gasteiger partial charge on any atom is -0.480 e. The summed E-state index contributed by atoms with van der Waals surface area (Å²) in [7, 11) is 0. The van der Waals surface area contributed by atoms with Crippen LogP contribution in [-0.2, 0) is 11.2 Å². The highest BCUT2D eigenvalue weighted by atomic mass is 35.5. The fourth-order valence-corrected chi connectivity index (χ4v) is 4.79. The topological polar surface area (TPSA) is 105 Å². The standard InChI is InChI=1S/C32H31ClN4O4/c1-21-15-17-37(18-16-21)29-20-27(31(38)35-28(32(39)40)19-22-7-11-24(33)12-8-22)34-30(36-29)23-9-13-26(14-10-23)41-25-5-3-2-4-6-25/h2-14,20-21,28H,15-19H2,1H3,(H,35,38)(H,39,40). The fraction of sp³-hybridized carbons (Fsp3) is 0.250.